The molecule has 1 N–H and O–H groups in total. The third-order valence-electron chi connectivity index (χ3n) is 3.84. The van der Waals surface area contributed by atoms with Crippen molar-refractivity contribution in [3.8, 4) is 5.75 Å². The molecule has 0 aromatic heterocycles. The molecule has 0 radical (unpaired) electrons. The molecule has 1 amide bonds. The van der Waals surface area contributed by atoms with Crippen LogP contribution in [0.5, 0.6) is 5.75 Å². The summed E-state index contributed by atoms with van der Waals surface area (Å²) in [5.74, 6) is 0.390. The highest BCUT2D eigenvalue weighted by Crippen LogP contribution is 2.19. The number of amides is 1. The first-order valence-electron chi connectivity index (χ1n) is 8.78. The standard InChI is InChI=1S/C21H24N2O4S/c1-4-15-23(16-5-2)28(25,26)20-13-7-17(8-14-20)21(24)22-18-9-11-19(12-10-18)27-6-3/h4-5,7-14H,1-2,6,15-16H2,3H3,(H,22,24). The molecular formula is C21H24N2O4S. The minimum atomic E-state index is -3.69. The van der Waals surface area contributed by atoms with Gasteiger partial charge in [-0.15, -0.1) is 13.2 Å². The van der Waals surface area contributed by atoms with Gasteiger partial charge in [0, 0.05) is 24.3 Å². The monoisotopic (exact) mass is 400 g/mol. The molecule has 0 fully saturated rings. The zero-order valence-electron chi connectivity index (χ0n) is 15.8. The largest absolute Gasteiger partial charge is 0.494 e. The summed E-state index contributed by atoms with van der Waals surface area (Å²) in [5, 5.41) is 2.77. The van der Waals surface area contributed by atoms with Crippen LogP contribution in [0.15, 0.2) is 78.7 Å². The molecule has 0 aliphatic heterocycles. The molecule has 0 saturated carbocycles. The van der Waals surface area contributed by atoms with E-state index in [0.717, 1.165) is 5.75 Å². The number of hydrogen-bond acceptors (Lipinski definition) is 4. The molecule has 0 atom stereocenters. The summed E-state index contributed by atoms with van der Waals surface area (Å²) in [6.45, 7) is 9.98. The molecule has 0 saturated heterocycles. The number of sulfonamides is 1. The predicted molar refractivity (Wildman–Crippen MR) is 111 cm³/mol. The molecule has 0 heterocycles. The second-order valence-electron chi connectivity index (χ2n) is 5.84. The molecular weight excluding hydrogens is 376 g/mol. The first kappa shape index (κ1) is 21.4. The molecule has 0 unspecified atom stereocenters. The number of ether oxygens (including phenoxy) is 1. The van der Waals surface area contributed by atoms with Gasteiger partial charge < -0.3 is 10.1 Å². The van der Waals surface area contributed by atoms with Crippen LogP contribution < -0.4 is 10.1 Å². The lowest BCUT2D eigenvalue weighted by Crippen LogP contribution is -2.31. The van der Waals surface area contributed by atoms with Crippen LogP contribution in [0.2, 0.25) is 0 Å². The van der Waals surface area contributed by atoms with E-state index in [1.54, 1.807) is 24.3 Å². The first-order chi connectivity index (χ1) is 13.4. The summed E-state index contributed by atoms with van der Waals surface area (Å²) >= 11 is 0. The Morgan fingerprint density at radius 1 is 1.04 bits per heavy atom. The third kappa shape index (κ3) is 5.31. The normalized spacial score (nSPS) is 11.1. The molecule has 2 rings (SSSR count). The highest BCUT2D eigenvalue weighted by molar-refractivity contribution is 7.89. The SMILES string of the molecule is C=CCN(CC=C)S(=O)(=O)c1ccc(C(=O)Nc2ccc(OCC)cc2)cc1. The molecule has 6 nitrogen and oxygen atoms in total. The zero-order chi connectivity index (χ0) is 20.6. The van der Waals surface area contributed by atoms with Crippen molar-refractivity contribution in [2.75, 3.05) is 25.0 Å². The average Bonchev–Trinajstić information content (AvgIpc) is 2.69. The summed E-state index contributed by atoms with van der Waals surface area (Å²) in [5.41, 5.74) is 0.972. The second kappa shape index (κ2) is 9.87. The Labute approximate surface area is 166 Å². The lowest BCUT2D eigenvalue weighted by Gasteiger charge is -2.19. The number of nitrogens with one attached hydrogen (secondary N) is 1. The van der Waals surface area contributed by atoms with E-state index in [1.807, 2.05) is 6.92 Å². The van der Waals surface area contributed by atoms with Crippen molar-refractivity contribution >= 4 is 21.6 Å². The van der Waals surface area contributed by atoms with Crippen molar-refractivity contribution in [2.24, 2.45) is 0 Å². The smallest absolute Gasteiger partial charge is 0.255 e. The van der Waals surface area contributed by atoms with E-state index in [9.17, 15) is 13.2 Å². The fourth-order valence-corrected chi connectivity index (χ4v) is 3.87. The fourth-order valence-electron chi connectivity index (χ4n) is 2.49. The minimum absolute atomic E-state index is 0.105. The van der Waals surface area contributed by atoms with Gasteiger partial charge in [-0.05, 0) is 55.5 Å². The van der Waals surface area contributed by atoms with Crippen LogP contribution in [0.25, 0.3) is 0 Å². The van der Waals surface area contributed by atoms with Crippen molar-refractivity contribution in [3.63, 3.8) is 0 Å². The molecule has 7 heteroatoms. The van der Waals surface area contributed by atoms with Crippen molar-refractivity contribution in [2.45, 2.75) is 11.8 Å². The third-order valence-corrected chi connectivity index (χ3v) is 5.69. The lowest BCUT2D eigenvalue weighted by atomic mass is 10.2. The Morgan fingerprint density at radius 2 is 1.61 bits per heavy atom. The summed E-state index contributed by atoms with van der Waals surface area (Å²) in [6.07, 6.45) is 3.03. The molecule has 0 bridgehead atoms. The summed E-state index contributed by atoms with van der Waals surface area (Å²) in [7, 11) is -3.69. The van der Waals surface area contributed by atoms with Gasteiger partial charge in [0.1, 0.15) is 5.75 Å². The molecule has 28 heavy (non-hydrogen) atoms. The number of nitrogens with zero attached hydrogens (tertiary/aromatic N) is 1. The van der Waals surface area contributed by atoms with Gasteiger partial charge in [0.25, 0.3) is 5.91 Å². The molecule has 0 aliphatic carbocycles. The Kier molecular flexibility index (Phi) is 7.54. The van der Waals surface area contributed by atoms with E-state index in [1.165, 1.54) is 40.7 Å². The van der Waals surface area contributed by atoms with Crippen molar-refractivity contribution < 1.29 is 17.9 Å². The summed E-state index contributed by atoms with van der Waals surface area (Å²) in [6, 6.07) is 12.8. The summed E-state index contributed by atoms with van der Waals surface area (Å²) in [4.78, 5) is 12.5. The number of benzene rings is 2. The highest BCUT2D eigenvalue weighted by Gasteiger charge is 2.22. The van der Waals surface area contributed by atoms with Crippen molar-refractivity contribution in [1.82, 2.24) is 4.31 Å². The molecule has 0 spiro atoms. The highest BCUT2D eigenvalue weighted by atomic mass is 32.2. The Hall–Kier alpha value is -2.90. The number of hydrogen-bond donors (Lipinski definition) is 1. The van der Waals surface area contributed by atoms with Gasteiger partial charge in [-0.25, -0.2) is 8.42 Å². The quantitative estimate of drug-likeness (QED) is 0.617. The van der Waals surface area contributed by atoms with E-state index in [2.05, 4.69) is 18.5 Å². The number of anilines is 1. The Balaban J connectivity index is 2.13. The van der Waals surface area contributed by atoms with Crippen molar-refractivity contribution in [3.05, 3.63) is 79.4 Å². The van der Waals surface area contributed by atoms with Gasteiger partial charge in [-0.3, -0.25) is 4.79 Å². The Bertz CT molecular complexity index is 910. The molecule has 148 valence electrons. The van der Waals surface area contributed by atoms with Gasteiger partial charge in [-0.2, -0.15) is 4.31 Å². The van der Waals surface area contributed by atoms with E-state index in [0.29, 0.717) is 17.9 Å². The van der Waals surface area contributed by atoms with E-state index < -0.39 is 10.0 Å². The van der Waals surface area contributed by atoms with Gasteiger partial charge in [0.2, 0.25) is 10.0 Å². The topological polar surface area (TPSA) is 75.7 Å². The molecule has 2 aromatic rings. The van der Waals surface area contributed by atoms with Crippen LogP contribution in [-0.2, 0) is 10.0 Å². The van der Waals surface area contributed by atoms with E-state index in [-0.39, 0.29) is 23.9 Å². The van der Waals surface area contributed by atoms with E-state index >= 15 is 0 Å². The summed E-state index contributed by atoms with van der Waals surface area (Å²) < 4.78 is 32.0. The van der Waals surface area contributed by atoms with Gasteiger partial charge in [0.05, 0.1) is 11.5 Å². The van der Waals surface area contributed by atoms with Crippen molar-refractivity contribution in [1.29, 1.82) is 0 Å². The number of rotatable bonds is 10. The van der Waals surface area contributed by atoms with Crippen LogP contribution in [0, 0.1) is 0 Å². The average molecular weight is 401 g/mol. The van der Waals surface area contributed by atoms with Crippen LogP contribution in [0.4, 0.5) is 5.69 Å². The van der Waals surface area contributed by atoms with Crippen LogP contribution in [0.1, 0.15) is 17.3 Å². The van der Waals surface area contributed by atoms with E-state index in [4.69, 9.17) is 4.74 Å². The predicted octanol–water partition coefficient (Wildman–Crippen LogP) is 3.70. The maximum Gasteiger partial charge on any atom is 0.255 e. The first-order valence-corrected chi connectivity index (χ1v) is 10.2. The van der Waals surface area contributed by atoms with Gasteiger partial charge in [0.15, 0.2) is 0 Å². The van der Waals surface area contributed by atoms with Gasteiger partial charge >= 0.3 is 0 Å². The molecule has 0 aliphatic rings. The van der Waals surface area contributed by atoms with Crippen LogP contribution in [-0.4, -0.2) is 38.3 Å². The number of carbonyl (C=O) groups is 1. The maximum absolute atomic E-state index is 12.7. The van der Waals surface area contributed by atoms with Gasteiger partial charge in [-0.1, -0.05) is 12.2 Å². The second-order valence-corrected chi connectivity index (χ2v) is 7.77. The van der Waals surface area contributed by atoms with Crippen LogP contribution >= 0.6 is 0 Å². The lowest BCUT2D eigenvalue weighted by molar-refractivity contribution is 0.102. The fraction of sp³-hybridized carbons (Fsp3) is 0.190. The molecule has 2 aromatic carbocycles. The van der Waals surface area contributed by atoms with Crippen LogP contribution in [0.3, 0.4) is 0 Å². The maximum atomic E-state index is 12.7. The Morgan fingerprint density at radius 3 is 2.11 bits per heavy atom. The number of carbonyl (C=O) groups excluding carboxylic acids is 1. The minimum Gasteiger partial charge on any atom is -0.494 e. The zero-order valence-corrected chi connectivity index (χ0v) is 16.6.